The van der Waals surface area contributed by atoms with Crippen LogP contribution in [0.2, 0.25) is 0 Å². The molecule has 0 aliphatic heterocycles. The zero-order chi connectivity index (χ0) is 15.8. The van der Waals surface area contributed by atoms with Crippen LogP contribution >= 0.6 is 0 Å². The lowest BCUT2D eigenvalue weighted by molar-refractivity contribution is 0.0600. The summed E-state index contributed by atoms with van der Waals surface area (Å²) in [6.07, 6.45) is 0. The first-order valence-corrected chi connectivity index (χ1v) is 6.81. The Kier molecular flexibility index (Phi) is 6.68. The van der Waals surface area contributed by atoms with E-state index < -0.39 is 0 Å². The summed E-state index contributed by atoms with van der Waals surface area (Å²) in [4.78, 5) is 11.8. The van der Waals surface area contributed by atoms with E-state index in [1.165, 1.54) is 7.11 Å². The van der Waals surface area contributed by atoms with Gasteiger partial charge >= 0.3 is 5.97 Å². The van der Waals surface area contributed by atoms with E-state index in [2.05, 4.69) is 15.8 Å². The third-order valence-electron chi connectivity index (χ3n) is 3.00. The summed E-state index contributed by atoms with van der Waals surface area (Å²) in [5.41, 5.74) is 5.99. The van der Waals surface area contributed by atoms with Crippen molar-refractivity contribution in [3.63, 3.8) is 0 Å². The molecule has 0 heterocycles. The molecule has 0 unspecified atom stereocenters. The van der Waals surface area contributed by atoms with Gasteiger partial charge in [-0.3, -0.25) is 0 Å². The highest BCUT2D eigenvalue weighted by atomic mass is 16.5. The van der Waals surface area contributed by atoms with Crippen molar-refractivity contribution >= 4 is 11.8 Å². The molecule has 0 bridgehead atoms. The summed E-state index contributed by atoms with van der Waals surface area (Å²) in [5.74, 6) is 0.260. The molecule has 0 spiro atoms. The molecule has 0 saturated heterocycles. The number of benzene rings is 1. The van der Waals surface area contributed by atoms with Crippen LogP contribution in [0.1, 0.15) is 34.0 Å². The fourth-order valence-corrected chi connectivity index (χ4v) is 1.97. The van der Waals surface area contributed by atoms with Crippen LogP contribution in [0.5, 0.6) is 0 Å². The molecule has 0 aliphatic carbocycles. The molecule has 0 aromatic heterocycles. The van der Waals surface area contributed by atoms with E-state index in [4.69, 9.17) is 9.47 Å². The summed E-state index contributed by atoms with van der Waals surface area (Å²) in [6.45, 7) is 6.73. The summed E-state index contributed by atoms with van der Waals surface area (Å²) in [7, 11) is 3.09. The molecule has 1 aromatic carbocycles. The molecule has 0 atom stereocenters. The summed E-state index contributed by atoms with van der Waals surface area (Å²) >= 11 is 0. The van der Waals surface area contributed by atoms with Crippen molar-refractivity contribution < 1.29 is 14.3 Å². The van der Waals surface area contributed by atoms with E-state index in [0.717, 1.165) is 16.7 Å². The maximum absolute atomic E-state index is 11.8. The second kappa shape index (κ2) is 8.26. The minimum Gasteiger partial charge on any atom is -0.465 e. The number of carbonyl (C=O) groups is 1. The molecule has 6 nitrogen and oxygen atoms in total. The fraction of sp³-hybridized carbons (Fsp3) is 0.467. The van der Waals surface area contributed by atoms with Crippen LogP contribution in [0.15, 0.2) is 17.2 Å². The van der Waals surface area contributed by atoms with E-state index >= 15 is 0 Å². The van der Waals surface area contributed by atoms with Gasteiger partial charge in [-0.15, -0.1) is 0 Å². The number of hydrazone groups is 1. The van der Waals surface area contributed by atoms with Gasteiger partial charge in [0, 0.05) is 19.2 Å². The number of nitrogens with one attached hydrogen (secondary N) is 2. The zero-order valence-electron chi connectivity index (χ0n) is 13.2. The van der Waals surface area contributed by atoms with Gasteiger partial charge in [-0.25, -0.2) is 4.79 Å². The topological polar surface area (TPSA) is 72.0 Å². The first-order valence-electron chi connectivity index (χ1n) is 6.81. The van der Waals surface area contributed by atoms with Crippen LogP contribution in [0.25, 0.3) is 0 Å². The molecule has 0 amide bonds. The lowest BCUT2D eigenvalue weighted by atomic mass is 9.99. The van der Waals surface area contributed by atoms with Crippen LogP contribution in [-0.2, 0) is 9.47 Å². The molecule has 0 fully saturated rings. The van der Waals surface area contributed by atoms with E-state index in [1.54, 1.807) is 13.1 Å². The Morgan fingerprint density at radius 3 is 2.48 bits per heavy atom. The van der Waals surface area contributed by atoms with Crippen LogP contribution in [-0.4, -0.2) is 39.3 Å². The zero-order valence-corrected chi connectivity index (χ0v) is 13.2. The highest BCUT2D eigenvalue weighted by Crippen LogP contribution is 2.17. The molecule has 1 aromatic rings. The standard InChI is InChI=1S/C15H23N3O3/c1-6-21-9-17-14(18-16-4)12-8-13(15(19)20-5)11(3)7-10(12)2/h7-8,16H,6,9H2,1-5H3,(H,17,18). The van der Waals surface area contributed by atoms with E-state index in [1.807, 2.05) is 26.8 Å². The largest absolute Gasteiger partial charge is 0.465 e. The number of rotatable bonds is 6. The lowest BCUT2D eigenvalue weighted by Crippen LogP contribution is -2.30. The van der Waals surface area contributed by atoms with Gasteiger partial charge in [0.15, 0.2) is 5.84 Å². The number of aryl methyl sites for hydroxylation is 2. The van der Waals surface area contributed by atoms with Crippen LogP contribution in [0, 0.1) is 13.8 Å². The third kappa shape index (κ3) is 4.46. The van der Waals surface area contributed by atoms with Crippen molar-refractivity contribution in [2.24, 2.45) is 5.10 Å². The first-order chi connectivity index (χ1) is 10.0. The van der Waals surface area contributed by atoms with E-state index in [0.29, 0.717) is 24.7 Å². The summed E-state index contributed by atoms with van der Waals surface area (Å²) < 4.78 is 10.1. The number of ether oxygens (including phenoxy) is 2. The Balaban J connectivity index is 3.18. The van der Waals surface area contributed by atoms with Crippen LogP contribution in [0.3, 0.4) is 0 Å². The first kappa shape index (κ1) is 17.0. The summed E-state index contributed by atoms with van der Waals surface area (Å²) in [5, 5.41) is 7.30. The summed E-state index contributed by atoms with van der Waals surface area (Å²) in [6, 6.07) is 3.72. The van der Waals surface area contributed by atoms with E-state index in [9.17, 15) is 4.79 Å². The molecule has 1 rings (SSSR count). The van der Waals surface area contributed by atoms with Gasteiger partial charge in [0.05, 0.1) is 12.7 Å². The Bertz CT molecular complexity index is 527. The SMILES string of the molecule is CCOCN/C(=N\NC)c1cc(C(=O)OC)c(C)cc1C. The minimum atomic E-state index is -0.359. The molecule has 116 valence electrons. The van der Waals surface area contributed by atoms with Crippen molar-refractivity contribution in [2.45, 2.75) is 20.8 Å². The van der Waals surface area contributed by atoms with E-state index in [-0.39, 0.29) is 5.97 Å². The normalized spacial score (nSPS) is 11.2. The molecular weight excluding hydrogens is 270 g/mol. The maximum Gasteiger partial charge on any atom is 0.338 e. The van der Waals surface area contributed by atoms with Gasteiger partial charge in [0.2, 0.25) is 0 Å². The predicted octanol–water partition coefficient (Wildman–Crippen LogP) is 1.55. The molecular formula is C15H23N3O3. The van der Waals surface area contributed by atoms with Gasteiger partial charge in [0.25, 0.3) is 0 Å². The van der Waals surface area contributed by atoms with Crippen LogP contribution < -0.4 is 10.7 Å². The Hall–Kier alpha value is -2.08. The van der Waals surface area contributed by atoms with Gasteiger partial charge < -0.3 is 20.2 Å². The van der Waals surface area contributed by atoms with Gasteiger partial charge in [-0.1, -0.05) is 6.07 Å². The number of esters is 1. The third-order valence-corrected chi connectivity index (χ3v) is 3.00. The lowest BCUT2D eigenvalue weighted by Gasteiger charge is -2.14. The predicted molar refractivity (Wildman–Crippen MR) is 82.5 cm³/mol. The second-order valence-corrected chi connectivity index (χ2v) is 4.47. The molecule has 0 radical (unpaired) electrons. The molecule has 21 heavy (non-hydrogen) atoms. The highest BCUT2D eigenvalue weighted by Gasteiger charge is 2.15. The van der Waals surface area contributed by atoms with Crippen molar-refractivity contribution in [2.75, 3.05) is 27.5 Å². The highest BCUT2D eigenvalue weighted by molar-refractivity contribution is 6.02. The Labute approximate surface area is 125 Å². The monoisotopic (exact) mass is 293 g/mol. The smallest absolute Gasteiger partial charge is 0.338 e. The van der Waals surface area contributed by atoms with Gasteiger partial charge in [-0.2, -0.15) is 5.10 Å². The van der Waals surface area contributed by atoms with Crippen molar-refractivity contribution in [3.8, 4) is 0 Å². The second-order valence-electron chi connectivity index (χ2n) is 4.47. The number of hydrogen-bond donors (Lipinski definition) is 2. The van der Waals surface area contributed by atoms with Gasteiger partial charge in [-0.05, 0) is 38.0 Å². The molecule has 6 heteroatoms. The number of amidine groups is 1. The minimum absolute atomic E-state index is 0.345. The average molecular weight is 293 g/mol. The van der Waals surface area contributed by atoms with Crippen LogP contribution in [0.4, 0.5) is 0 Å². The quantitative estimate of drug-likeness (QED) is 0.208. The molecule has 0 aliphatic rings. The Morgan fingerprint density at radius 2 is 1.90 bits per heavy atom. The van der Waals surface area contributed by atoms with Crippen molar-refractivity contribution in [3.05, 3.63) is 34.4 Å². The number of hydrogen-bond acceptors (Lipinski definition) is 5. The number of methoxy groups -OCH3 is 1. The number of carbonyl (C=O) groups excluding carboxylic acids is 1. The molecule has 2 N–H and O–H groups in total. The van der Waals surface area contributed by atoms with Crippen molar-refractivity contribution in [1.82, 2.24) is 10.7 Å². The average Bonchev–Trinajstić information content (AvgIpc) is 2.46. The van der Waals surface area contributed by atoms with Gasteiger partial charge in [0.1, 0.15) is 6.73 Å². The number of nitrogens with zero attached hydrogens (tertiary/aromatic N) is 1. The maximum atomic E-state index is 11.8. The fourth-order valence-electron chi connectivity index (χ4n) is 1.97. The van der Waals surface area contributed by atoms with Crippen molar-refractivity contribution in [1.29, 1.82) is 0 Å². The Morgan fingerprint density at radius 1 is 1.24 bits per heavy atom. The molecule has 0 saturated carbocycles.